The van der Waals surface area contributed by atoms with E-state index in [1.807, 2.05) is 4.90 Å². The van der Waals surface area contributed by atoms with E-state index in [0.717, 1.165) is 50.9 Å². The molecular weight excluding hydrogens is 496 g/mol. The summed E-state index contributed by atoms with van der Waals surface area (Å²) in [5.41, 5.74) is 0.207. The quantitative estimate of drug-likeness (QED) is 0.576. The molecule has 0 spiro atoms. The minimum absolute atomic E-state index is 0.107. The van der Waals surface area contributed by atoms with Gasteiger partial charge in [0.2, 0.25) is 12.3 Å². The Morgan fingerprint density at radius 1 is 1.11 bits per heavy atom. The van der Waals surface area contributed by atoms with Crippen LogP contribution in [0.25, 0.3) is 0 Å². The predicted octanol–water partition coefficient (Wildman–Crippen LogP) is 1.17. The van der Waals surface area contributed by atoms with Gasteiger partial charge in [0.25, 0.3) is 10.2 Å². The molecule has 0 saturated carbocycles. The zero-order valence-electron chi connectivity index (χ0n) is 19.7. The molecule has 3 fully saturated rings. The summed E-state index contributed by atoms with van der Waals surface area (Å²) in [5, 5.41) is 11.2. The molecule has 4 aliphatic rings. The summed E-state index contributed by atoms with van der Waals surface area (Å²) < 4.78 is 58.9. The normalized spacial score (nSPS) is 24.5. The molecule has 0 aliphatic carbocycles. The first-order valence-corrected chi connectivity index (χ1v) is 13.4. The third kappa shape index (κ3) is 5.45. The summed E-state index contributed by atoms with van der Waals surface area (Å²) in [6, 6.07) is 3.43. The Hall–Kier alpha value is -2.82. The number of halogens is 2. The Bertz CT molecular complexity index is 1130. The van der Waals surface area contributed by atoms with Crippen LogP contribution in [0.2, 0.25) is 0 Å². The van der Waals surface area contributed by atoms with E-state index in [1.54, 1.807) is 0 Å². The van der Waals surface area contributed by atoms with E-state index in [4.69, 9.17) is 10.00 Å². The average Bonchev–Trinajstić information content (AvgIpc) is 3.49. The van der Waals surface area contributed by atoms with Gasteiger partial charge in [-0.25, -0.2) is 8.78 Å². The Balaban J connectivity index is 0.000000187. The molecule has 1 aromatic rings. The van der Waals surface area contributed by atoms with Crippen molar-refractivity contribution in [2.75, 3.05) is 45.9 Å². The van der Waals surface area contributed by atoms with Crippen LogP contribution in [-0.4, -0.2) is 80.1 Å². The zero-order chi connectivity index (χ0) is 25.9. The molecule has 1 N–H and O–H groups in total. The van der Waals surface area contributed by atoms with Gasteiger partial charge in [-0.15, -0.1) is 0 Å². The molecule has 196 valence electrons. The van der Waals surface area contributed by atoms with E-state index < -0.39 is 27.9 Å². The van der Waals surface area contributed by atoms with Crippen LogP contribution in [0, 0.1) is 34.8 Å². The number of benzene rings is 1. The topological polar surface area (TPSA) is 123 Å². The molecule has 1 aromatic carbocycles. The number of ether oxygens (including phenoxy) is 1. The van der Waals surface area contributed by atoms with Crippen LogP contribution in [-0.2, 0) is 19.8 Å². The smallest absolute Gasteiger partial charge is 0.282 e. The van der Waals surface area contributed by atoms with Crippen molar-refractivity contribution in [2.45, 2.75) is 31.7 Å². The van der Waals surface area contributed by atoms with Gasteiger partial charge in [0.05, 0.1) is 29.5 Å². The minimum Gasteiger partial charge on any atom is -0.490 e. The lowest BCUT2D eigenvalue weighted by Crippen LogP contribution is -2.57. The first-order chi connectivity index (χ1) is 17.2. The van der Waals surface area contributed by atoms with Gasteiger partial charge in [0.1, 0.15) is 24.0 Å². The summed E-state index contributed by atoms with van der Waals surface area (Å²) in [4.78, 5) is 24.5. The molecule has 0 aromatic heterocycles. The molecule has 3 saturated heterocycles. The summed E-state index contributed by atoms with van der Waals surface area (Å²) in [7, 11) is -3.51. The fourth-order valence-electron chi connectivity index (χ4n) is 4.91. The Kier molecular flexibility index (Phi) is 8.07. The van der Waals surface area contributed by atoms with Crippen LogP contribution in [0.5, 0.6) is 5.75 Å². The summed E-state index contributed by atoms with van der Waals surface area (Å²) in [6.07, 6.45) is 4.04. The summed E-state index contributed by atoms with van der Waals surface area (Å²) >= 11 is 0. The van der Waals surface area contributed by atoms with Crippen molar-refractivity contribution in [1.29, 1.82) is 5.26 Å². The van der Waals surface area contributed by atoms with E-state index in [-0.39, 0.29) is 55.3 Å². The second-order valence-corrected chi connectivity index (χ2v) is 11.3. The maximum Gasteiger partial charge on any atom is 0.282 e. The average molecular weight is 526 g/mol. The molecular formula is C23H29F2N5O5S. The highest BCUT2D eigenvalue weighted by molar-refractivity contribution is 7.86. The number of nitriles is 1. The maximum atomic E-state index is 13.2. The Morgan fingerprint density at radius 2 is 1.83 bits per heavy atom. The number of amides is 2. The molecule has 4 heterocycles. The Labute approximate surface area is 209 Å². The number of carbonyl (C=O) groups excluding carboxylic acids is 2. The number of fused-ring (bicyclic) bond motifs is 1. The lowest BCUT2D eigenvalue weighted by atomic mass is 9.98. The number of rotatable bonds is 5. The van der Waals surface area contributed by atoms with E-state index in [9.17, 15) is 26.8 Å². The van der Waals surface area contributed by atoms with Crippen molar-refractivity contribution in [3.8, 4) is 11.8 Å². The zero-order valence-corrected chi connectivity index (χ0v) is 20.6. The van der Waals surface area contributed by atoms with Crippen molar-refractivity contribution >= 4 is 22.5 Å². The maximum absolute atomic E-state index is 13.2. The van der Waals surface area contributed by atoms with E-state index in [1.165, 1.54) is 8.61 Å². The third-order valence-electron chi connectivity index (χ3n) is 6.91. The summed E-state index contributed by atoms with van der Waals surface area (Å²) in [5.74, 6) is -1.53. The van der Waals surface area contributed by atoms with Crippen molar-refractivity contribution in [3.63, 3.8) is 0 Å². The number of carbonyl (C=O) groups is 2. The van der Waals surface area contributed by atoms with Gasteiger partial charge < -0.3 is 15.0 Å². The van der Waals surface area contributed by atoms with E-state index in [2.05, 4.69) is 11.4 Å². The number of likely N-dealkylation sites (tertiary alicyclic amines) is 1. The molecule has 2 amide bonds. The fourth-order valence-corrected chi connectivity index (χ4v) is 6.70. The predicted molar refractivity (Wildman–Crippen MR) is 124 cm³/mol. The Morgan fingerprint density at radius 3 is 2.50 bits per heavy atom. The van der Waals surface area contributed by atoms with Crippen molar-refractivity contribution in [2.24, 2.45) is 11.8 Å². The second-order valence-electron chi connectivity index (χ2n) is 9.33. The largest absolute Gasteiger partial charge is 0.490 e. The second kappa shape index (κ2) is 11.1. The minimum atomic E-state index is -3.51. The summed E-state index contributed by atoms with van der Waals surface area (Å²) in [6.45, 7) is 3.05. The van der Waals surface area contributed by atoms with Crippen LogP contribution in [0.15, 0.2) is 12.1 Å². The van der Waals surface area contributed by atoms with Crippen molar-refractivity contribution < 1.29 is 31.5 Å². The first-order valence-electron chi connectivity index (χ1n) is 12.0. The van der Waals surface area contributed by atoms with Gasteiger partial charge >= 0.3 is 0 Å². The number of piperidine rings is 1. The van der Waals surface area contributed by atoms with Gasteiger partial charge in [-0.2, -0.15) is 22.3 Å². The van der Waals surface area contributed by atoms with Crippen LogP contribution in [0.4, 0.5) is 8.78 Å². The van der Waals surface area contributed by atoms with Crippen molar-refractivity contribution in [3.05, 3.63) is 29.3 Å². The van der Waals surface area contributed by atoms with Crippen LogP contribution >= 0.6 is 0 Å². The van der Waals surface area contributed by atoms with E-state index in [0.29, 0.717) is 13.0 Å². The van der Waals surface area contributed by atoms with Gasteiger partial charge in [-0.1, -0.05) is 0 Å². The molecule has 10 nitrogen and oxygen atoms in total. The molecule has 0 radical (unpaired) electrons. The van der Waals surface area contributed by atoms with Gasteiger partial charge in [0, 0.05) is 51.4 Å². The highest BCUT2D eigenvalue weighted by Crippen LogP contribution is 2.35. The lowest BCUT2D eigenvalue weighted by molar-refractivity contribution is -0.135. The molecule has 13 heteroatoms. The number of hydrogen-bond acceptors (Lipinski definition) is 6. The molecule has 36 heavy (non-hydrogen) atoms. The van der Waals surface area contributed by atoms with Crippen LogP contribution < -0.4 is 10.1 Å². The molecule has 4 aliphatic heterocycles. The highest BCUT2D eigenvalue weighted by Gasteiger charge is 2.42. The van der Waals surface area contributed by atoms with E-state index >= 15 is 0 Å². The lowest BCUT2D eigenvalue weighted by Gasteiger charge is -2.40. The SMILES string of the molecule is N#CC1CN(S(=O)(=O)N2CCC[C@H](C(=O)N3CCCC3)C2)C1.O=CNC1COc2cc(F)cc(F)c21. The number of nitrogens with zero attached hydrogens (tertiary/aromatic N) is 4. The molecule has 1 unspecified atom stereocenters. The number of hydrogen-bond donors (Lipinski definition) is 1. The first kappa shape index (κ1) is 26.2. The molecule has 0 bridgehead atoms. The van der Waals surface area contributed by atoms with Gasteiger partial charge in [0.15, 0.2) is 0 Å². The van der Waals surface area contributed by atoms with Crippen LogP contribution in [0.3, 0.4) is 0 Å². The highest BCUT2D eigenvalue weighted by atomic mass is 32.2. The molecule has 5 rings (SSSR count). The van der Waals surface area contributed by atoms with Crippen molar-refractivity contribution in [1.82, 2.24) is 18.8 Å². The molecule has 2 atom stereocenters. The van der Waals surface area contributed by atoms with Crippen LogP contribution in [0.1, 0.15) is 37.3 Å². The fraction of sp³-hybridized carbons (Fsp3) is 0.609. The standard InChI is InChI=1S/C14H22N4O3S.C9H7F2NO2/c15-8-12-9-18(10-12)22(20,21)17-7-3-4-13(11-17)14(19)16-5-1-2-6-16;10-5-1-6(11)9-7(12-4-13)3-14-8(9)2-5/h12-13H,1-7,9-11H2;1-2,4,7H,3H2,(H,12,13)/t13-;/m0./s1. The van der Waals surface area contributed by atoms with Gasteiger partial charge in [-0.05, 0) is 25.7 Å². The third-order valence-corrected chi connectivity index (χ3v) is 8.85. The monoisotopic (exact) mass is 525 g/mol. The number of nitrogens with one attached hydrogen (secondary N) is 1. The van der Waals surface area contributed by atoms with Gasteiger partial charge in [-0.3, -0.25) is 9.59 Å².